The summed E-state index contributed by atoms with van der Waals surface area (Å²) >= 11 is 0. The number of aryl methyl sites for hydroxylation is 1. The van der Waals surface area contributed by atoms with E-state index in [4.69, 9.17) is 20.9 Å². The summed E-state index contributed by atoms with van der Waals surface area (Å²) in [5.74, 6) is 1.52. The Morgan fingerprint density at radius 3 is 2.28 bits per heavy atom. The molecular weight excluding hydrogens is 228 g/mol. The Labute approximate surface area is 109 Å². The first-order chi connectivity index (χ1) is 8.37. The van der Waals surface area contributed by atoms with Crippen molar-refractivity contribution in [3.63, 3.8) is 0 Å². The van der Waals surface area contributed by atoms with Gasteiger partial charge in [-0.15, -0.1) is 0 Å². The predicted molar refractivity (Wildman–Crippen MR) is 74.0 cm³/mol. The molecule has 0 radical (unpaired) electrons. The second-order valence-corrected chi connectivity index (χ2v) is 5.23. The van der Waals surface area contributed by atoms with E-state index in [2.05, 4.69) is 13.8 Å². The first-order valence-corrected chi connectivity index (χ1v) is 6.05. The van der Waals surface area contributed by atoms with Crippen LogP contribution in [0, 0.1) is 12.3 Å². The highest BCUT2D eigenvalue weighted by atomic mass is 16.5. The molecular formula is C14H24N2O2. The van der Waals surface area contributed by atoms with Crippen LogP contribution >= 0.6 is 0 Å². The summed E-state index contributed by atoms with van der Waals surface area (Å²) in [4.78, 5) is 0. The second kappa shape index (κ2) is 5.59. The van der Waals surface area contributed by atoms with Gasteiger partial charge in [0.15, 0.2) is 0 Å². The normalized spacial score (nSPS) is 13.3. The van der Waals surface area contributed by atoms with Crippen LogP contribution in [-0.2, 0) is 0 Å². The minimum Gasteiger partial charge on any atom is -0.497 e. The Morgan fingerprint density at radius 2 is 1.83 bits per heavy atom. The summed E-state index contributed by atoms with van der Waals surface area (Å²) in [5.41, 5.74) is 14.0. The average molecular weight is 252 g/mol. The molecule has 0 fully saturated rings. The zero-order valence-electron chi connectivity index (χ0n) is 11.9. The SMILES string of the molecule is COc1cc(C)c(C(N)C(C)(C)CN)c(OC)c1. The first kappa shape index (κ1) is 14.8. The van der Waals surface area contributed by atoms with Crippen molar-refractivity contribution in [2.45, 2.75) is 26.8 Å². The quantitative estimate of drug-likeness (QED) is 0.841. The molecule has 0 saturated carbocycles. The maximum absolute atomic E-state index is 6.35. The van der Waals surface area contributed by atoms with Gasteiger partial charge in [0.2, 0.25) is 0 Å². The lowest BCUT2D eigenvalue weighted by atomic mass is 9.79. The molecule has 0 aliphatic carbocycles. The minimum absolute atomic E-state index is 0.177. The molecule has 0 aromatic heterocycles. The summed E-state index contributed by atoms with van der Waals surface area (Å²) in [6.45, 7) is 6.64. The fourth-order valence-corrected chi connectivity index (χ4v) is 1.94. The van der Waals surface area contributed by atoms with Crippen LogP contribution in [0.1, 0.15) is 31.0 Å². The Balaban J connectivity index is 3.31. The van der Waals surface area contributed by atoms with Gasteiger partial charge in [0.05, 0.1) is 14.2 Å². The van der Waals surface area contributed by atoms with Crippen molar-refractivity contribution in [3.05, 3.63) is 23.3 Å². The highest BCUT2D eigenvalue weighted by molar-refractivity contribution is 5.48. The molecule has 0 aliphatic heterocycles. The molecule has 1 aromatic carbocycles. The van der Waals surface area contributed by atoms with Crippen molar-refractivity contribution < 1.29 is 9.47 Å². The average Bonchev–Trinajstić information content (AvgIpc) is 2.36. The third-order valence-corrected chi connectivity index (χ3v) is 3.46. The fourth-order valence-electron chi connectivity index (χ4n) is 1.94. The van der Waals surface area contributed by atoms with Gasteiger partial charge in [-0.3, -0.25) is 0 Å². The smallest absolute Gasteiger partial charge is 0.127 e. The summed E-state index contributed by atoms with van der Waals surface area (Å²) in [6, 6.07) is 3.64. The second-order valence-electron chi connectivity index (χ2n) is 5.23. The zero-order valence-corrected chi connectivity index (χ0v) is 11.9. The van der Waals surface area contributed by atoms with Crippen molar-refractivity contribution in [3.8, 4) is 11.5 Å². The monoisotopic (exact) mass is 252 g/mol. The van der Waals surface area contributed by atoms with Crippen LogP contribution in [0.4, 0.5) is 0 Å². The molecule has 4 N–H and O–H groups in total. The summed E-state index contributed by atoms with van der Waals surface area (Å²) in [5, 5.41) is 0. The highest BCUT2D eigenvalue weighted by Gasteiger charge is 2.30. The zero-order chi connectivity index (χ0) is 13.9. The summed E-state index contributed by atoms with van der Waals surface area (Å²) in [7, 11) is 3.28. The van der Waals surface area contributed by atoms with E-state index in [1.807, 2.05) is 19.1 Å². The maximum atomic E-state index is 6.35. The third kappa shape index (κ3) is 2.76. The van der Waals surface area contributed by atoms with Crippen LogP contribution in [0.25, 0.3) is 0 Å². The molecule has 0 bridgehead atoms. The summed E-state index contributed by atoms with van der Waals surface area (Å²) < 4.78 is 10.7. The van der Waals surface area contributed by atoms with Crippen molar-refractivity contribution in [1.29, 1.82) is 0 Å². The lowest BCUT2D eigenvalue weighted by Gasteiger charge is -2.32. The Bertz CT molecular complexity index is 417. The molecule has 1 rings (SSSR count). The van der Waals surface area contributed by atoms with Gasteiger partial charge >= 0.3 is 0 Å². The predicted octanol–water partition coefficient (Wildman–Crippen LogP) is 2.00. The van der Waals surface area contributed by atoms with E-state index in [1.165, 1.54) is 0 Å². The van der Waals surface area contributed by atoms with Crippen LogP contribution in [0.3, 0.4) is 0 Å². The number of rotatable bonds is 5. The van der Waals surface area contributed by atoms with E-state index in [0.29, 0.717) is 6.54 Å². The molecule has 4 nitrogen and oxygen atoms in total. The number of nitrogens with two attached hydrogens (primary N) is 2. The Morgan fingerprint density at radius 1 is 1.22 bits per heavy atom. The Kier molecular flexibility index (Phi) is 4.59. The van der Waals surface area contributed by atoms with Crippen LogP contribution in [0.15, 0.2) is 12.1 Å². The van der Waals surface area contributed by atoms with Gasteiger partial charge in [-0.2, -0.15) is 0 Å². The number of hydrogen-bond donors (Lipinski definition) is 2. The van der Waals surface area contributed by atoms with Crippen LogP contribution in [-0.4, -0.2) is 20.8 Å². The Hall–Kier alpha value is -1.26. The van der Waals surface area contributed by atoms with Gasteiger partial charge in [-0.1, -0.05) is 13.8 Å². The highest BCUT2D eigenvalue weighted by Crippen LogP contribution is 2.39. The number of benzene rings is 1. The number of hydrogen-bond acceptors (Lipinski definition) is 4. The first-order valence-electron chi connectivity index (χ1n) is 6.05. The molecule has 0 amide bonds. The van der Waals surface area contributed by atoms with Gasteiger partial charge < -0.3 is 20.9 Å². The topological polar surface area (TPSA) is 70.5 Å². The van der Waals surface area contributed by atoms with Gasteiger partial charge in [0.1, 0.15) is 11.5 Å². The van der Waals surface area contributed by atoms with Crippen molar-refractivity contribution in [1.82, 2.24) is 0 Å². The molecule has 0 aliphatic rings. The van der Waals surface area contributed by atoms with Crippen molar-refractivity contribution in [2.24, 2.45) is 16.9 Å². The number of ether oxygens (including phenoxy) is 2. The third-order valence-electron chi connectivity index (χ3n) is 3.46. The van der Waals surface area contributed by atoms with E-state index in [1.54, 1.807) is 14.2 Å². The molecule has 1 aromatic rings. The molecule has 0 heterocycles. The summed E-state index contributed by atoms with van der Waals surface area (Å²) in [6.07, 6.45) is 0. The van der Waals surface area contributed by atoms with E-state index in [-0.39, 0.29) is 11.5 Å². The molecule has 4 heteroatoms. The van der Waals surface area contributed by atoms with Crippen LogP contribution in [0.2, 0.25) is 0 Å². The molecule has 102 valence electrons. The number of methoxy groups -OCH3 is 2. The molecule has 0 spiro atoms. The minimum atomic E-state index is -0.188. The lowest BCUT2D eigenvalue weighted by molar-refractivity contribution is 0.290. The largest absolute Gasteiger partial charge is 0.497 e. The van der Waals surface area contributed by atoms with Crippen LogP contribution in [0.5, 0.6) is 11.5 Å². The van der Waals surface area contributed by atoms with E-state index >= 15 is 0 Å². The van der Waals surface area contributed by atoms with Crippen molar-refractivity contribution >= 4 is 0 Å². The fraction of sp³-hybridized carbons (Fsp3) is 0.571. The van der Waals surface area contributed by atoms with Gasteiger partial charge in [0.25, 0.3) is 0 Å². The molecule has 1 atom stereocenters. The molecule has 18 heavy (non-hydrogen) atoms. The van der Waals surface area contributed by atoms with E-state index in [9.17, 15) is 0 Å². The lowest BCUT2D eigenvalue weighted by Crippen LogP contribution is -2.36. The van der Waals surface area contributed by atoms with E-state index in [0.717, 1.165) is 22.6 Å². The van der Waals surface area contributed by atoms with Gasteiger partial charge in [-0.25, -0.2) is 0 Å². The standard InChI is InChI=1S/C14H24N2O2/c1-9-6-10(17-4)7-11(18-5)12(9)13(16)14(2,3)8-15/h6-7,13H,8,15-16H2,1-5H3. The maximum Gasteiger partial charge on any atom is 0.127 e. The molecule has 0 saturated heterocycles. The van der Waals surface area contributed by atoms with Crippen LogP contribution < -0.4 is 20.9 Å². The van der Waals surface area contributed by atoms with Crippen molar-refractivity contribution in [2.75, 3.05) is 20.8 Å². The van der Waals surface area contributed by atoms with Gasteiger partial charge in [-0.05, 0) is 30.5 Å². The molecule has 1 unspecified atom stereocenters. The van der Waals surface area contributed by atoms with Gasteiger partial charge in [0, 0.05) is 17.7 Å². The van der Waals surface area contributed by atoms with E-state index < -0.39 is 0 Å².